The van der Waals surface area contributed by atoms with Gasteiger partial charge in [0.15, 0.2) is 0 Å². The quantitative estimate of drug-likeness (QED) is 0.175. The minimum absolute atomic E-state index is 0.165. The number of rotatable bonds is 2. The van der Waals surface area contributed by atoms with Crippen molar-refractivity contribution < 1.29 is 4.42 Å². The summed E-state index contributed by atoms with van der Waals surface area (Å²) in [4.78, 5) is 9.08. The zero-order chi connectivity index (χ0) is 31.5. The number of benzene rings is 7. The summed E-state index contributed by atoms with van der Waals surface area (Å²) in [5.74, 6) is 0. The van der Waals surface area contributed by atoms with Gasteiger partial charge in [-0.25, -0.2) is 4.98 Å². The number of fused-ring (bicyclic) bond motifs is 14. The highest BCUT2D eigenvalue weighted by Crippen LogP contribution is 2.48. The van der Waals surface area contributed by atoms with Crippen molar-refractivity contribution in [1.29, 1.82) is 0 Å². The van der Waals surface area contributed by atoms with Crippen LogP contribution in [-0.2, 0) is 0 Å². The summed E-state index contributed by atoms with van der Waals surface area (Å²) >= 11 is 8.30. The molecule has 11 aromatic rings. The van der Waals surface area contributed by atoms with Crippen molar-refractivity contribution in [2.24, 2.45) is 0 Å². The molecule has 0 spiro atoms. The number of furan rings is 1. The molecule has 0 aliphatic carbocycles. The van der Waals surface area contributed by atoms with Crippen molar-refractivity contribution in [2.75, 3.05) is 0 Å². The van der Waals surface area contributed by atoms with Crippen LogP contribution in [0.5, 0.6) is 0 Å². The van der Waals surface area contributed by atoms with Gasteiger partial charge in [-0.05, 0) is 64.2 Å². The largest absolute Gasteiger partial charge is 0.438 e. The standard InChI is InChI=1S/C42H22ClN3OS/c43-42-44-38(36-30-12-4-7-15-33(30)47-41(36)45-42)25-18-17-24-22-26(20-19-23(24)21-25)46-32-14-6-3-11-29(32)35-27-9-1-2-10-28(27)40-37(39(35)46)31-13-5-8-16-34(31)48-40/h1-22H. The van der Waals surface area contributed by atoms with Gasteiger partial charge in [-0.1, -0.05) is 97.1 Å². The van der Waals surface area contributed by atoms with Gasteiger partial charge in [-0.2, -0.15) is 4.98 Å². The molecular formula is C42H22ClN3OS. The monoisotopic (exact) mass is 651 g/mol. The summed E-state index contributed by atoms with van der Waals surface area (Å²) in [6.45, 7) is 0. The number of aromatic nitrogens is 3. The molecule has 0 unspecified atom stereocenters. The topological polar surface area (TPSA) is 43.9 Å². The van der Waals surface area contributed by atoms with Crippen molar-refractivity contribution in [3.63, 3.8) is 0 Å². The summed E-state index contributed by atoms with van der Waals surface area (Å²) in [7, 11) is 0. The molecule has 224 valence electrons. The van der Waals surface area contributed by atoms with E-state index in [1.165, 1.54) is 52.8 Å². The summed E-state index contributed by atoms with van der Waals surface area (Å²) in [6, 6.07) is 47.7. The number of thiophene rings is 1. The van der Waals surface area contributed by atoms with Gasteiger partial charge in [-0.15, -0.1) is 11.3 Å². The first kappa shape index (κ1) is 26.3. The normalized spacial score (nSPS) is 12.3. The van der Waals surface area contributed by atoms with Crippen LogP contribution < -0.4 is 0 Å². The molecule has 0 atom stereocenters. The van der Waals surface area contributed by atoms with E-state index in [9.17, 15) is 0 Å². The Bertz CT molecular complexity index is 3150. The highest BCUT2D eigenvalue weighted by molar-refractivity contribution is 7.27. The van der Waals surface area contributed by atoms with Gasteiger partial charge >= 0.3 is 0 Å². The van der Waals surface area contributed by atoms with Gasteiger partial charge in [-0.3, -0.25) is 0 Å². The van der Waals surface area contributed by atoms with E-state index in [1.807, 2.05) is 35.6 Å². The molecule has 0 saturated heterocycles. The van der Waals surface area contributed by atoms with Crippen molar-refractivity contribution in [1.82, 2.24) is 14.5 Å². The number of hydrogen-bond donors (Lipinski definition) is 0. The van der Waals surface area contributed by atoms with E-state index >= 15 is 0 Å². The van der Waals surface area contributed by atoms with Crippen LogP contribution >= 0.6 is 22.9 Å². The van der Waals surface area contributed by atoms with Gasteiger partial charge < -0.3 is 8.98 Å². The predicted molar refractivity (Wildman–Crippen MR) is 202 cm³/mol. The van der Waals surface area contributed by atoms with E-state index in [0.717, 1.165) is 44.1 Å². The number of halogens is 1. The summed E-state index contributed by atoms with van der Waals surface area (Å²) in [6.07, 6.45) is 0. The van der Waals surface area contributed by atoms with Gasteiger partial charge in [0.1, 0.15) is 5.58 Å². The molecule has 4 heterocycles. The Morgan fingerprint density at radius 3 is 2.19 bits per heavy atom. The van der Waals surface area contributed by atoms with Crippen LogP contribution in [0.2, 0.25) is 5.28 Å². The van der Waals surface area contributed by atoms with E-state index < -0.39 is 0 Å². The summed E-state index contributed by atoms with van der Waals surface area (Å²) < 4.78 is 11.2. The average molecular weight is 652 g/mol. The van der Waals surface area contributed by atoms with Crippen molar-refractivity contribution >= 4 is 109 Å². The first-order valence-corrected chi connectivity index (χ1v) is 17.1. The van der Waals surface area contributed by atoms with Crippen molar-refractivity contribution in [2.45, 2.75) is 0 Å². The maximum atomic E-state index is 6.41. The van der Waals surface area contributed by atoms with Crippen LogP contribution in [0.4, 0.5) is 0 Å². The minimum Gasteiger partial charge on any atom is -0.438 e. The molecule has 0 N–H and O–H groups in total. The van der Waals surface area contributed by atoms with E-state index in [2.05, 4.69) is 119 Å². The Kier molecular flexibility index (Phi) is 5.29. The Morgan fingerprint density at radius 1 is 0.583 bits per heavy atom. The number of para-hydroxylation sites is 2. The second-order valence-corrected chi connectivity index (χ2v) is 13.7. The van der Waals surface area contributed by atoms with Crippen LogP contribution in [0, 0.1) is 0 Å². The lowest BCUT2D eigenvalue weighted by molar-refractivity contribution is 0.653. The molecule has 0 radical (unpaired) electrons. The van der Waals surface area contributed by atoms with Gasteiger partial charge in [0.2, 0.25) is 11.0 Å². The molecule has 4 nitrogen and oxygen atoms in total. The molecule has 11 rings (SSSR count). The van der Waals surface area contributed by atoms with Gasteiger partial charge in [0, 0.05) is 53.0 Å². The molecule has 0 fully saturated rings. The predicted octanol–water partition coefficient (Wildman–Crippen LogP) is 12.5. The fourth-order valence-corrected chi connectivity index (χ4v) is 9.12. The lowest BCUT2D eigenvalue weighted by Crippen LogP contribution is -1.95. The SMILES string of the molecule is Clc1nc(-c2ccc3cc(-n4c5ccccc5c5c6ccccc6c6sc7ccccc7c6c54)ccc3c2)c2c(n1)oc1ccccc12. The van der Waals surface area contributed by atoms with Gasteiger partial charge in [0.25, 0.3) is 0 Å². The Balaban J connectivity index is 1.19. The van der Waals surface area contributed by atoms with E-state index in [1.54, 1.807) is 0 Å². The first-order valence-electron chi connectivity index (χ1n) is 15.9. The third-order valence-electron chi connectivity index (χ3n) is 9.72. The highest BCUT2D eigenvalue weighted by atomic mass is 35.5. The maximum Gasteiger partial charge on any atom is 0.232 e. The molecule has 7 aromatic carbocycles. The summed E-state index contributed by atoms with van der Waals surface area (Å²) in [5, 5.41) is 12.0. The second kappa shape index (κ2) is 9.64. The van der Waals surface area contributed by atoms with Crippen molar-refractivity contribution in [3.05, 3.63) is 139 Å². The van der Waals surface area contributed by atoms with Crippen molar-refractivity contribution in [3.8, 4) is 16.9 Å². The molecule has 0 bridgehead atoms. The maximum absolute atomic E-state index is 6.41. The van der Waals surface area contributed by atoms with Crippen LogP contribution in [0.1, 0.15) is 0 Å². The van der Waals surface area contributed by atoms with Crippen LogP contribution in [0.3, 0.4) is 0 Å². The zero-order valence-electron chi connectivity index (χ0n) is 25.2. The van der Waals surface area contributed by atoms with Crippen LogP contribution in [0.25, 0.3) is 103 Å². The van der Waals surface area contributed by atoms with E-state index in [0.29, 0.717) is 5.71 Å². The average Bonchev–Trinajstić information content (AvgIpc) is 3.80. The fourth-order valence-electron chi connectivity index (χ4n) is 7.71. The lowest BCUT2D eigenvalue weighted by atomic mass is 9.99. The summed E-state index contributed by atoms with van der Waals surface area (Å²) in [5.41, 5.74) is 6.56. The minimum atomic E-state index is 0.165. The molecule has 0 aliphatic rings. The van der Waals surface area contributed by atoms with Gasteiger partial charge in [0.05, 0.1) is 22.1 Å². The van der Waals surface area contributed by atoms with E-state index in [-0.39, 0.29) is 5.28 Å². The fraction of sp³-hybridized carbons (Fsp3) is 0. The molecule has 6 heteroatoms. The molecule has 48 heavy (non-hydrogen) atoms. The molecule has 0 saturated carbocycles. The Labute approximate surface area is 282 Å². The second-order valence-electron chi connectivity index (χ2n) is 12.3. The molecule has 0 aliphatic heterocycles. The third kappa shape index (κ3) is 3.55. The first-order chi connectivity index (χ1) is 23.7. The molecule has 4 aromatic heterocycles. The number of hydrogen-bond acceptors (Lipinski definition) is 4. The van der Waals surface area contributed by atoms with Crippen LogP contribution in [-0.4, -0.2) is 14.5 Å². The molecule has 0 amide bonds. The smallest absolute Gasteiger partial charge is 0.232 e. The Hall–Kier alpha value is -5.75. The Morgan fingerprint density at radius 2 is 1.29 bits per heavy atom. The van der Waals surface area contributed by atoms with E-state index in [4.69, 9.17) is 21.0 Å². The third-order valence-corrected chi connectivity index (χ3v) is 11.1. The lowest BCUT2D eigenvalue weighted by Gasteiger charge is -2.12. The number of nitrogens with zero attached hydrogens (tertiary/aromatic N) is 3. The highest BCUT2D eigenvalue weighted by Gasteiger charge is 2.22. The van der Waals surface area contributed by atoms with Crippen LogP contribution in [0.15, 0.2) is 138 Å². The molecular weight excluding hydrogens is 630 g/mol. The zero-order valence-corrected chi connectivity index (χ0v) is 26.8.